The van der Waals surface area contributed by atoms with Gasteiger partial charge >= 0.3 is 0 Å². The standard InChI is InChI=1S/C32H26ClN/c33-29-22-27(30(23-13-5-1-6-14-23)24-15-7-2-8-16-24)21-28(32(29)34)31(25-17-9-3-10-18-25)26-19-11-4-12-20-26/h1-22,30-31H,34H2. The van der Waals surface area contributed by atoms with Crippen molar-refractivity contribution in [3.63, 3.8) is 0 Å². The lowest BCUT2D eigenvalue weighted by molar-refractivity contribution is 0.942. The summed E-state index contributed by atoms with van der Waals surface area (Å²) in [6, 6.07) is 46.4. The van der Waals surface area contributed by atoms with Crippen LogP contribution in [-0.4, -0.2) is 0 Å². The molecule has 0 aliphatic heterocycles. The minimum absolute atomic E-state index is 0.0213. The van der Waals surface area contributed by atoms with Crippen LogP contribution < -0.4 is 5.73 Å². The molecule has 0 unspecified atom stereocenters. The first-order valence-corrected chi connectivity index (χ1v) is 11.9. The zero-order valence-electron chi connectivity index (χ0n) is 18.8. The molecule has 0 fully saturated rings. The van der Waals surface area contributed by atoms with E-state index in [4.69, 9.17) is 17.3 Å². The lowest BCUT2D eigenvalue weighted by Crippen LogP contribution is -2.10. The Labute approximate surface area is 206 Å². The van der Waals surface area contributed by atoms with Gasteiger partial charge in [0.2, 0.25) is 0 Å². The van der Waals surface area contributed by atoms with E-state index >= 15 is 0 Å². The van der Waals surface area contributed by atoms with Crippen LogP contribution in [0.15, 0.2) is 133 Å². The molecule has 5 aromatic rings. The summed E-state index contributed by atoms with van der Waals surface area (Å²) in [4.78, 5) is 0. The Balaban J connectivity index is 1.73. The van der Waals surface area contributed by atoms with Gasteiger partial charge in [-0.05, 0) is 39.4 Å². The first-order valence-electron chi connectivity index (χ1n) is 11.5. The van der Waals surface area contributed by atoms with Gasteiger partial charge in [0, 0.05) is 11.8 Å². The molecule has 0 spiro atoms. The maximum absolute atomic E-state index is 6.83. The summed E-state index contributed by atoms with van der Waals surface area (Å²) >= 11 is 6.83. The minimum Gasteiger partial charge on any atom is -0.397 e. The van der Waals surface area contributed by atoms with Crippen molar-refractivity contribution < 1.29 is 0 Å². The molecule has 0 bridgehead atoms. The van der Waals surface area contributed by atoms with Crippen LogP contribution in [0.3, 0.4) is 0 Å². The predicted molar refractivity (Wildman–Crippen MR) is 144 cm³/mol. The van der Waals surface area contributed by atoms with E-state index in [0.717, 1.165) is 11.1 Å². The lowest BCUT2D eigenvalue weighted by Gasteiger charge is -2.25. The number of nitrogen functional groups attached to an aromatic ring is 1. The lowest BCUT2D eigenvalue weighted by atomic mass is 9.80. The van der Waals surface area contributed by atoms with Gasteiger partial charge < -0.3 is 5.73 Å². The molecule has 0 saturated carbocycles. The maximum atomic E-state index is 6.83. The third-order valence-corrected chi connectivity index (χ3v) is 6.67. The van der Waals surface area contributed by atoms with E-state index in [1.807, 2.05) is 30.3 Å². The summed E-state index contributed by atoms with van der Waals surface area (Å²) in [5, 5.41) is 0.584. The molecule has 5 rings (SSSR count). The fourth-order valence-electron chi connectivity index (χ4n) is 4.78. The number of benzene rings is 5. The van der Waals surface area contributed by atoms with Gasteiger partial charge in [-0.1, -0.05) is 139 Å². The second-order valence-corrected chi connectivity index (χ2v) is 8.92. The molecule has 0 radical (unpaired) electrons. The zero-order valence-corrected chi connectivity index (χ0v) is 19.6. The molecule has 1 nitrogen and oxygen atoms in total. The molecule has 5 aromatic carbocycles. The summed E-state index contributed by atoms with van der Waals surface area (Å²) < 4.78 is 0. The predicted octanol–water partition coefficient (Wildman–Crippen LogP) is 8.28. The number of hydrogen-bond donors (Lipinski definition) is 1. The molecule has 34 heavy (non-hydrogen) atoms. The molecular weight excluding hydrogens is 434 g/mol. The van der Waals surface area contributed by atoms with E-state index in [2.05, 4.69) is 103 Å². The Morgan fingerprint density at radius 2 is 0.794 bits per heavy atom. The van der Waals surface area contributed by atoms with E-state index in [1.54, 1.807) is 0 Å². The molecule has 0 aliphatic rings. The molecule has 166 valence electrons. The topological polar surface area (TPSA) is 26.0 Å². The summed E-state index contributed by atoms with van der Waals surface area (Å²) in [6.45, 7) is 0. The number of rotatable bonds is 6. The van der Waals surface area contributed by atoms with Gasteiger partial charge in [-0.15, -0.1) is 0 Å². The van der Waals surface area contributed by atoms with Crippen LogP contribution in [0.1, 0.15) is 45.2 Å². The molecular formula is C32H26ClN. The second-order valence-electron chi connectivity index (χ2n) is 8.51. The summed E-state index contributed by atoms with van der Waals surface area (Å²) in [6.07, 6.45) is 0. The number of halogens is 1. The Morgan fingerprint density at radius 1 is 0.441 bits per heavy atom. The molecule has 2 heteroatoms. The average molecular weight is 460 g/mol. The van der Waals surface area contributed by atoms with Gasteiger partial charge in [-0.3, -0.25) is 0 Å². The van der Waals surface area contributed by atoms with Crippen molar-refractivity contribution in [2.24, 2.45) is 0 Å². The van der Waals surface area contributed by atoms with Crippen LogP contribution in [0, 0.1) is 0 Å². The summed E-state index contributed by atoms with van der Waals surface area (Å²) in [5.74, 6) is 0.0264. The van der Waals surface area contributed by atoms with Gasteiger partial charge in [0.15, 0.2) is 0 Å². The van der Waals surface area contributed by atoms with Crippen LogP contribution >= 0.6 is 11.6 Å². The van der Waals surface area contributed by atoms with Crippen molar-refractivity contribution in [1.82, 2.24) is 0 Å². The van der Waals surface area contributed by atoms with Gasteiger partial charge in [0.1, 0.15) is 0 Å². The van der Waals surface area contributed by atoms with E-state index in [-0.39, 0.29) is 11.8 Å². The smallest absolute Gasteiger partial charge is 0.0641 e. The molecule has 2 N–H and O–H groups in total. The second kappa shape index (κ2) is 9.99. The van der Waals surface area contributed by atoms with E-state index in [1.165, 1.54) is 22.3 Å². The first kappa shape index (κ1) is 22.0. The van der Waals surface area contributed by atoms with E-state index in [0.29, 0.717) is 10.7 Å². The molecule has 0 aromatic heterocycles. The Bertz CT molecular complexity index is 1270. The van der Waals surface area contributed by atoms with Crippen LogP contribution in [0.25, 0.3) is 0 Å². The molecule has 0 atom stereocenters. The summed E-state index contributed by atoms with van der Waals surface area (Å²) in [7, 11) is 0. The molecule has 0 saturated heterocycles. The molecule has 0 heterocycles. The monoisotopic (exact) mass is 459 g/mol. The summed E-state index contributed by atoms with van der Waals surface area (Å²) in [5.41, 5.74) is 14.3. The van der Waals surface area contributed by atoms with Crippen molar-refractivity contribution in [1.29, 1.82) is 0 Å². The Kier molecular flexibility index (Phi) is 6.46. The van der Waals surface area contributed by atoms with Crippen molar-refractivity contribution in [2.45, 2.75) is 11.8 Å². The van der Waals surface area contributed by atoms with Crippen molar-refractivity contribution in [3.05, 3.63) is 172 Å². The quantitative estimate of drug-likeness (QED) is 0.200. The molecule has 0 amide bonds. The maximum Gasteiger partial charge on any atom is 0.0641 e. The fourth-order valence-corrected chi connectivity index (χ4v) is 5.01. The van der Waals surface area contributed by atoms with Crippen LogP contribution in [0.2, 0.25) is 5.02 Å². The number of hydrogen-bond acceptors (Lipinski definition) is 1. The Morgan fingerprint density at radius 3 is 1.18 bits per heavy atom. The Hall–Kier alpha value is -3.81. The van der Waals surface area contributed by atoms with Crippen LogP contribution in [-0.2, 0) is 0 Å². The highest BCUT2D eigenvalue weighted by molar-refractivity contribution is 6.33. The largest absolute Gasteiger partial charge is 0.397 e. The van der Waals surface area contributed by atoms with Gasteiger partial charge in [0.25, 0.3) is 0 Å². The number of nitrogens with two attached hydrogens (primary N) is 1. The zero-order chi connectivity index (χ0) is 23.3. The number of anilines is 1. The van der Waals surface area contributed by atoms with Crippen LogP contribution in [0.5, 0.6) is 0 Å². The van der Waals surface area contributed by atoms with Gasteiger partial charge in [-0.2, -0.15) is 0 Å². The van der Waals surface area contributed by atoms with Gasteiger partial charge in [0.05, 0.1) is 10.7 Å². The van der Waals surface area contributed by atoms with Crippen molar-refractivity contribution in [2.75, 3.05) is 5.73 Å². The van der Waals surface area contributed by atoms with Gasteiger partial charge in [-0.25, -0.2) is 0 Å². The van der Waals surface area contributed by atoms with Crippen molar-refractivity contribution in [3.8, 4) is 0 Å². The van der Waals surface area contributed by atoms with Crippen LogP contribution in [0.4, 0.5) is 5.69 Å². The highest BCUT2D eigenvalue weighted by Gasteiger charge is 2.24. The fraction of sp³-hybridized carbons (Fsp3) is 0.0625. The normalized spacial score (nSPS) is 11.1. The third-order valence-electron chi connectivity index (χ3n) is 6.36. The minimum atomic E-state index is -0.0213. The first-order chi connectivity index (χ1) is 16.7. The highest BCUT2D eigenvalue weighted by atomic mass is 35.5. The highest BCUT2D eigenvalue weighted by Crippen LogP contribution is 2.42. The van der Waals surface area contributed by atoms with Crippen molar-refractivity contribution >= 4 is 17.3 Å². The SMILES string of the molecule is Nc1c(Cl)cc(C(c2ccccc2)c2ccccc2)cc1C(c1ccccc1)c1ccccc1. The average Bonchev–Trinajstić information content (AvgIpc) is 2.90. The third kappa shape index (κ3) is 4.48. The molecule has 0 aliphatic carbocycles. The van der Waals surface area contributed by atoms with E-state index < -0.39 is 0 Å². The van der Waals surface area contributed by atoms with E-state index in [9.17, 15) is 0 Å².